The van der Waals surface area contributed by atoms with Crippen LogP contribution in [0.25, 0.3) is 0 Å². The number of unbranched alkanes of at least 4 members (excludes halogenated alkanes) is 5. The number of hydrogen-bond donors (Lipinski definition) is 6. The van der Waals surface area contributed by atoms with Crippen LogP contribution in [-0.2, 0) is 14.4 Å². The van der Waals surface area contributed by atoms with Gasteiger partial charge in [-0.3, -0.25) is 9.59 Å². The zero-order valence-electron chi connectivity index (χ0n) is 14.5. The standard InChI is InChI=1S/C10H18O4.C6H12O5/c11-9(12)7-5-3-1-2-4-6-8-10(13)14;1-3(8)5(10)6(11)4(9)2-7/h1-8H2,(H,11,12)(H,13,14);2-6,8-11H,1H3/t;3-,4-,5-,6-/m.0/s1. The van der Waals surface area contributed by atoms with Gasteiger partial charge in [-0.1, -0.05) is 25.7 Å². The van der Waals surface area contributed by atoms with E-state index in [1.807, 2.05) is 0 Å². The quantitative estimate of drug-likeness (QED) is 0.192. The van der Waals surface area contributed by atoms with E-state index in [0.717, 1.165) is 38.5 Å². The summed E-state index contributed by atoms with van der Waals surface area (Å²) < 4.78 is 0. The minimum absolute atomic E-state index is 0.0935. The lowest BCUT2D eigenvalue weighted by Gasteiger charge is -2.21. The highest BCUT2D eigenvalue weighted by Gasteiger charge is 2.27. The first-order valence-corrected chi connectivity index (χ1v) is 8.24. The van der Waals surface area contributed by atoms with E-state index in [9.17, 15) is 14.4 Å². The molecule has 0 rings (SSSR count). The zero-order chi connectivity index (χ0) is 19.8. The molecule has 0 heterocycles. The molecular formula is C16H30O9. The summed E-state index contributed by atoms with van der Waals surface area (Å²) in [5.41, 5.74) is 0. The largest absolute Gasteiger partial charge is 0.481 e. The number of carbonyl (C=O) groups excluding carboxylic acids is 1. The third kappa shape index (κ3) is 17.1. The lowest BCUT2D eigenvalue weighted by atomic mass is 10.1. The Labute approximate surface area is 146 Å². The maximum absolute atomic E-state index is 10.1. The predicted octanol–water partition coefficient (Wildman–Crippen LogP) is -0.0748. The van der Waals surface area contributed by atoms with Crippen LogP contribution in [0, 0.1) is 0 Å². The molecule has 0 aliphatic rings. The number of hydrogen-bond acceptors (Lipinski definition) is 7. The molecule has 0 aromatic rings. The fourth-order valence-corrected chi connectivity index (χ4v) is 1.83. The number of rotatable bonds is 13. The summed E-state index contributed by atoms with van der Waals surface area (Å²) in [5, 5.41) is 51.8. The minimum Gasteiger partial charge on any atom is -0.481 e. The molecule has 0 aromatic carbocycles. The van der Waals surface area contributed by atoms with E-state index < -0.39 is 36.4 Å². The molecule has 0 saturated heterocycles. The fourth-order valence-electron chi connectivity index (χ4n) is 1.83. The van der Waals surface area contributed by atoms with Gasteiger partial charge < -0.3 is 35.4 Å². The zero-order valence-corrected chi connectivity index (χ0v) is 14.5. The van der Waals surface area contributed by atoms with E-state index in [1.54, 1.807) is 0 Å². The molecule has 0 spiro atoms. The number of carboxylic acid groups (broad SMARTS) is 2. The van der Waals surface area contributed by atoms with Gasteiger partial charge in [0.2, 0.25) is 0 Å². The molecule has 4 atom stereocenters. The van der Waals surface area contributed by atoms with Crippen molar-refractivity contribution in [1.82, 2.24) is 0 Å². The van der Waals surface area contributed by atoms with Crippen LogP contribution in [0.1, 0.15) is 58.3 Å². The van der Waals surface area contributed by atoms with Crippen molar-refractivity contribution in [2.24, 2.45) is 0 Å². The molecule has 6 N–H and O–H groups in total. The number of carbonyl (C=O) groups is 3. The first-order chi connectivity index (χ1) is 11.6. The molecule has 0 radical (unpaired) electrons. The van der Waals surface area contributed by atoms with Gasteiger partial charge >= 0.3 is 11.9 Å². The fraction of sp³-hybridized carbons (Fsp3) is 0.812. The van der Waals surface area contributed by atoms with E-state index in [0.29, 0.717) is 0 Å². The number of carboxylic acids is 2. The average Bonchev–Trinajstić information content (AvgIpc) is 2.55. The third-order valence-corrected chi connectivity index (χ3v) is 3.36. The van der Waals surface area contributed by atoms with Crippen LogP contribution in [0.15, 0.2) is 0 Å². The highest BCUT2D eigenvalue weighted by Crippen LogP contribution is 2.08. The smallest absolute Gasteiger partial charge is 0.303 e. The van der Waals surface area contributed by atoms with E-state index in [-0.39, 0.29) is 19.1 Å². The molecule has 0 aromatic heterocycles. The van der Waals surface area contributed by atoms with Gasteiger partial charge in [-0.25, -0.2) is 0 Å². The van der Waals surface area contributed by atoms with Gasteiger partial charge in [-0.2, -0.15) is 0 Å². The van der Waals surface area contributed by atoms with Crippen molar-refractivity contribution in [2.75, 3.05) is 0 Å². The highest BCUT2D eigenvalue weighted by molar-refractivity contribution is 5.66. The maximum atomic E-state index is 10.1. The molecule has 0 fully saturated rings. The SMILES string of the molecule is C[C@H](O)[C@H](O)[C@@H](O)[C@@H](O)C=O.O=C(O)CCCCCCCCC(=O)O. The van der Waals surface area contributed by atoms with Gasteiger partial charge in [0.05, 0.1) is 6.10 Å². The van der Waals surface area contributed by atoms with Crippen LogP contribution in [0.3, 0.4) is 0 Å². The van der Waals surface area contributed by atoms with E-state index in [1.165, 1.54) is 6.92 Å². The molecule has 0 amide bonds. The topological polar surface area (TPSA) is 173 Å². The van der Waals surface area contributed by atoms with Crippen LogP contribution in [0.2, 0.25) is 0 Å². The Balaban J connectivity index is 0. The second-order valence-corrected chi connectivity index (χ2v) is 5.76. The predicted molar refractivity (Wildman–Crippen MR) is 88.0 cm³/mol. The second kappa shape index (κ2) is 15.9. The van der Waals surface area contributed by atoms with Gasteiger partial charge in [0.1, 0.15) is 18.3 Å². The van der Waals surface area contributed by atoms with Gasteiger partial charge in [-0.05, 0) is 19.8 Å². The molecule has 0 unspecified atom stereocenters. The number of aliphatic hydroxyl groups is 4. The Morgan fingerprint density at radius 3 is 1.40 bits per heavy atom. The molecule has 25 heavy (non-hydrogen) atoms. The summed E-state index contributed by atoms with van der Waals surface area (Å²) in [6.45, 7) is 1.24. The summed E-state index contributed by atoms with van der Waals surface area (Å²) in [6.07, 6.45) is -0.0522. The average molecular weight is 366 g/mol. The number of aldehydes is 1. The molecule has 9 heteroatoms. The van der Waals surface area contributed by atoms with Crippen molar-refractivity contribution in [3.8, 4) is 0 Å². The van der Waals surface area contributed by atoms with Crippen molar-refractivity contribution in [2.45, 2.75) is 82.7 Å². The van der Waals surface area contributed by atoms with Crippen molar-refractivity contribution in [3.63, 3.8) is 0 Å². The third-order valence-electron chi connectivity index (χ3n) is 3.36. The second-order valence-electron chi connectivity index (χ2n) is 5.76. The van der Waals surface area contributed by atoms with E-state index in [2.05, 4.69) is 0 Å². The van der Waals surface area contributed by atoms with Crippen molar-refractivity contribution in [1.29, 1.82) is 0 Å². The first kappa shape index (κ1) is 25.7. The van der Waals surface area contributed by atoms with Crippen molar-refractivity contribution >= 4 is 18.2 Å². The Hall–Kier alpha value is -1.55. The number of aliphatic hydroxyl groups excluding tert-OH is 4. The minimum atomic E-state index is -1.65. The van der Waals surface area contributed by atoms with Crippen molar-refractivity contribution in [3.05, 3.63) is 0 Å². The Morgan fingerprint density at radius 1 is 0.760 bits per heavy atom. The van der Waals surface area contributed by atoms with Gasteiger partial charge in [0, 0.05) is 12.8 Å². The number of aliphatic carboxylic acids is 2. The van der Waals surface area contributed by atoms with Crippen LogP contribution >= 0.6 is 0 Å². The summed E-state index contributed by atoms with van der Waals surface area (Å²) in [5.74, 6) is -1.48. The maximum Gasteiger partial charge on any atom is 0.303 e. The van der Waals surface area contributed by atoms with Crippen LogP contribution in [0.5, 0.6) is 0 Å². The summed E-state index contributed by atoms with van der Waals surface area (Å²) in [4.78, 5) is 30.2. The van der Waals surface area contributed by atoms with Gasteiger partial charge in [-0.15, -0.1) is 0 Å². The molecule has 0 bridgehead atoms. The lowest BCUT2D eigenvalue weighted by molar-refractivity contribution is -0.138. The first-order valence-electron chi connectivity index (χ1n) is 8.24. The Bertz CT molecular complexity index is 351. The summed E-state index contributed by atoms with van der Waals surface area (Å²) in [7, 11) is 0. The summed E-state index contributed by atoms with van der Waals surface area (Å²) >= 11 is 0. The Morgan fingerprint density at radius 2 is 1.12 bits per heavy atom. The van der Waals surface area contributed by atoms with E-state index in [4.69, 9.17) is 30.6 Å². The highest BCUT2D eigenvalue weighted by atomic mass is 16.4. The molecule has 0 saturated carbocycles. The monoisotopic (exact) mass is 366 g/mol. The normalized spacial score (nSPS) is 15.2. The molecule has 0 aliphatic heterocycles. The molecule has 148 valence electrons. The van der Waals surface area contributed by atoms with Crippen molar-refractivity contribution < 1.29 is 45.0 Å². The van der Waals surface area contributed by atoms with Crippen LogP contribution < -0.4 is 0 Å². The van der Waals surface area contributed by atoms with Crippen LogP contribution in [0.4, 0.5) is 0 Å². The lowest BCUT2D eigenvalue weighted by Crippen LogP contribution is -2.43. The molecule has 9 nitrogen and oxygen atoms in total. The summed E-state index contributed by atoms with van der Waals surface area (Å²) in [6, 6.07) is 0. The van der Waals surface area contributed by atoms with Gasteiger partial charge in [0.15, 0.2) is 6.29 Å². The van der Waals surface area contributed by atoms with Crippen LogP contribution in [-0.4, -0.2) is 73.3 Å². The van der Waals surface area contributed by atoms with Gasteiger partial charge in [0.25, 0.3) is 0 Å². The Kier molecular flexibility index (Phi) is 16.4. The molecular weight excluding hydrogens is 336 g/mol. The van der Waals surface area contributed by atoms with E-state index >= 15 is 0 Å². The molecule has 0 aliphatic carbocycles.